The fraction of sp³-hybridized carbons (Fsp3) is 0.316. The Hall–Kier alpha value is -2.29. The number of carbonyl (C=O) groups excluding carboxylic acids is 1. The largest absolute Gasteiger partial charge is 0.322 e. The SMILES string of the molecule is O=C(Nc1ccccc1)N(Cc1ccccc1)CC1CCC1. The summed E-state index contributed by atoms with van der Waals surface area (Å²) in [7, 11) is 0. The molecule has 0 radical (unpaired) electrons. The van der Waals surface area contributed by atoms with E-state index in [1.807, 2.05) is 53.4 Å². The van der Waals surface area contributed by atoms with Gasteiger partial charge in [-0.1, -0.05) is 55.0 Å². The summed E-state index contributed by atoms with van der Waals surface area (Å²) >= 11 is 0. The van der Waals surface area contributed by atoms with E-state index in [1.165, 1.54) is 24.8 Å². The van der Waals surface area contributed by atoms with Crippen molar-refractivity contribution in [3.63, 3.8) is 0 Å². The predicted octanol–water partition coefficient (Wildman–Crippen LogP) is 4.52. The number of hydrogen-bond acceptors (Lipinski definition) is 1. The highest BCUT2D eigenvalue weighted by Crippen LogP contribution is 2.27. The van der Waals surface area contributed by atoms with E-state index in [2.05, 4.69) is 17.4 Å². The van der Waals surface area contributed by atoms with Gasteiger partial charge in [0.1, 0.15) is 0 Å². The Morgan fingerprint density at radius 2 is 1.64 bits per heavy atom. The molecule has 0 heterocycles. The van der Waals surface area contributed by atoms with Crippen molar-refractivity contribution in [3.05, 3.63) is 66.2 Å². The standard InChI is InChI=1S/C19H22N2O/c22-19(20-18-12-5-2-6-13-18)21(15-17-10-7-11-17)14-16-8-3-1-4-9-16/h1-6,8-9,12-13,17H,7,10-11,14-15H2,(H,20,22). The molecule has 0 unspecified atom stereocenters. The van der Waals surface area contributed by atoms with E-state index in [0.717, 1.165) is 12.2 Å². The first-order chi connectivity index (χ1) is 10.8. The molecule has 2 aromatic carbocycles. The van der Waals surface area contributed by atoms with Crippen LogP contribution in [0, 0.1) is 5.92 Å². The second kappa shape index (κ2) is 7.12. The van der Waals surface area contributed by atoms with Crippen LogP contribution in [0.2, 0.25) is 0 Å². The van der Waals surface area contributed by atoms with Crippen LogP contribution in [0.5, 0.6) is 0 Å². The predicted molar refractivity (Wildman–Crippen MR) is 89.7 cm³/mol. The van der Waals surface area contributed by atoms with Gasteiger partial charge in [0.15, 0.2) is 0 Å². The highest BCUT2D eigenvalue weighted by atomic mass is 16.2. The van der Waals surface area contributed by atoms with Crippen LogP contribution in [-0.4, -0.2) is 17.5 Å². The minimum atomic E-state index is -0.0121. The smallest absolute Gasteiger partial charge is 0.320 e. The van der Waals surface area contributed by atoms with Crippen LogP contribution in [0.4, 0.5) is 10.5 Å². The quantitative estimate of drug-likeness (QED) is 0.864. The minimum Gasteiger partial charge on any atom is -0.320 e. The van der Waals surface area contributed by atoms with Crippen molar-refractivity contribution in [3.8, 4) is 0 Å². The first-order valence-electron chi connectivity index (χ1n) is 7.96. The maximum Gasteiger partial charge on any atom is 0.322 e. The third-order valence-electron chi connectivity index (χ3n) is 4.23. The molecule has 0 bridgehead atoms. The molecule has 2 aromatic rings. The zero-order valence-corrected chi connectivity index (χ0v) is 12.7. The van der Waals surface area contributed by atoms with Gasteiger partial charge in [0.05, 0.1) is 0 Å². The molecule has 1 saturated carbocycles. The molecule has 3 rings (SSSR count). The Balaban J connectivity index is 1.68. The van der Waals surface area contributed by atoms with E-state index in [-0.39, 0.29) is 6.03 Å². The summed E-state index contributed by atoms with van der Waals surface area (Å²) in [4.78, 5) is 14.5. The summed E-state index contributed by atoms with van der Waals surface area (Å²) in [5.41, 5.74) is 2.02. The summed E-state index contributed by atoms with van der Waals surface area (Å²) in [6.07, 6.45) is 3.78. The highest BCUT2D eigenvalue weighted by molar-refractivity contribution is 5.89. The third-order valence-corrected chi connectivity index (χ3v) is 4.23. The van der Waals surface area contributed by atoms with Gasteiger partial charge in [0.25, 0.3) is 0 Å². The molecule has 1 fully saturated rings. The molecule has 2 amide bonds. The van der Waals surface area contributed by atoms with Gasteiger partial charge in [-0.25, -0.2) is 4.79 Å². The fourth-order valence-corrected chi connectivity index (χ4v) is 2.73. The third kappa shape index (κ3) is 3.88. The average Bonchev–Trinajstić information content (AvgIpc) is 2.51. The van der Waals surface area contributed by atoms with Gasteiger partial charge in [-0.05, 0) is 36.5 Å². The van der Waals surface area contributed by atoms with Crippen molar-refractivity contribution in [2.75, 3.05) is 11.9 Å². The van der Waals surface area contributed by atoms with E-state index in [0.29, 0.717) is 12.5 Å². The molecule has 22 heavy (non-hydrogen) atoms. The van der Waals surface area contributed by atoms with Crippen molar-refractivity contribution < 1.29 is 4.79 Å². The van der Waals surface area contributed by atoms with Crippen LogP contribution in [0.25, 0.3) is 0 Å². The lowest BCUT2D eigenvalue weighted by atomic mass is 9.85. The van der Waals surface area contributed by atoms with Crippen molar-refractivity contribution in [2.45, 2.75) is 25.8 Å². The lowest BCUT2D eigenvalue weighted by molar-refractivity contribution is 0.175. The summed E-state index contributed by atoms with van der Waals surface area (Å²) < 4.78 is 0. The number of para-hydroxylation sites is 1. The number of carbonyl (C=O) groups is 1. The molecular weight excluding hydrogens is 272 g/mol. The number of anilines is 1. The summed E-state index contributed by atoms with van der Waals surface area (Å²) in [6.45, 7) is 1.50. The molecule has 114 valence electrons. The Bertz CT molecular complexity index is 593. The van der Waals surface area contributed by atoms with Crippen LogP contribution in [0.3, 0.4) is 0 Å². The molecule has 0 spiro atoms. The maximum absolute atomic E-state index is 12.6. The van der Waals surface area contributed by atoms with Gasteiger partial charge in [-0.15, -0.1) is 0 Å². The molecule has 1 aliphatic carbocycles. The first-order valence-corrected chi connectivity index (χ1v) is 7.96. The monoisotopic (exact) mass is 294 g/mol. The van der Waals surface area contributed by atoms with E-state index < -0.39 is 0 Å². The number of nitrogens with one attached hydrogen (secondary N) is 1. The van der Waals surface area contributed by atoms with Crippen LogP contribution in [0.1, 0.15) is 24.8 Å². The second-order valence-corrected chi connectivity index (χ2v) is 5.96. The van der Waals surface area contributed by atoms with Crippen molar-refractivity contribution in [2.24, 2.45) is 5.92 Å². The summed E-state index contributed by atoms with van der Waals surface area (Å²) in [5.74, 6) is 0.658. The molecule has 1 aliphatic rings. The fourth-order valence-electron chi connectivity index (χ4n) is 2.73. The average molecular weight is 294 g/mol. The van der Waals surface area contributed by atoms with Crippen molar-refractivity contribution in [1.29, 1.82) is 0 Å². The maximum atomic E-state index is 12.6. The number of urea groups is 1. The summed E-state index contributed by atoms with van der Waals surface area (Å²) in [5, 5.41) is 3.00. The topological polar surface area (TPSA) is 32.3 Å². The Morgan fingerprint density at radius 1 is 1.00 bits per heavy atom. The van der Waals surface area contributed by atoms with E-state index in [1.54, 1.807) is 0 Å². The second-order valence-electron chi connectivity index (χ2n) is 5.96. The molecule has 0 aromatic heterocycles. The van der Waals surface area contributed by atoms with Crippen LogP contribution >= 0.6 is 0 Å². The Kier molecular flexibility index (Phi) is 4.74. The molecule has 0 atom stereocenters. The normalized spacial score (nSPS) is 14.2. The number of amides is 2. The van der Waals surface area contributed by atoms with E-state index in [9.17, 15) is 4.79 Å². The highest BCUT2D eigenvalue weighted by Gasteiger charge is 2.23. The molecule has 3 heteroatoms. The van der Waals surface area contributed by atoms with E-state index in [4.69, 9.17) is 0 Å². The number of benzene rings is 2. The lowest BCUT2D eigenvalue weighted by Crippen LogP contribution is -2.39. The number of nitrogens with zero attached hydrogens (tertiary/aromatic N) is 1. The van der Waals surface area contributed by atoms with Gasteiger partial charge in [0, 0.05) is 18.8 Å². The Labute approximate surface area is 132 Å². The first kappa shape index (κ1) is 14.6. The summed E-state index contributed by atoms with van der Waals surface area (Å²) in [6, 6.07) is 19.8. The van der Waals surface area contributed by atoms with Gasteiger partial charge in [-0.2, -0.15) is 0 Å². The number of rotatable bonds is 5. The van der Waals surface area contributed by atoms with Gasteiger partial charge in [0.2, 0.25) is 0 Å². The van der Waals surface area contributed by atoms with Crippen LogP contribution in [0.15, 0.2) is 60.7 Å². The van der Waals surface area contributed by atoms with Gasteiger partial charge < -0.3 is 10.2 Å². The minimum absolute atomic E-state index is 0.0121. The van der Waals surface area contributed by atoms with Gasteiger partial charge >= 0.3 is 6.03 Å². The Morgan fingerprint density at radius 3 is 2.23 bits per heavy atom. The molecular formula is C19H22N2O. The molecule has 3 nitrogen and oxygen atoms in total. The van der Waals surface area contributed by atoms with Crippen LogP contribution < -0.4 is 5.32 Å². The van der Waals surface area contributed by atoms with E-state index >= 15 is 0 Å². The molecule has 0 saturated heterocycles. The van der Waals surface area contributed by atoms with Crippen LogP contribution in [-0.2, 0) is 6.54 Å². The molecule has 0 aliphatic heterocycles. The number of hydrogen-bond donors (Lipinski definition) is 1. The zero-order valence-electron chi connectivity index (χ0n) is 12.7. The lowest BCUT2D eigenvalue weighted by Gasteiger charge is -2.32. The van der Waals surface area contributed by atoms with Crippen molar-refractivity contribution >= 4 is 11.7 Å². The zero-order chi connectivity index (χ0) is 15.2. The molecule has 1 N–H and O–H groups in total. The van der Waals surface area contributed by atoms with Crippen molar-refractivity contribution in [1.82, 2.24) is 4.90 Å². The van der Waals surface area contributed by atoms with Gasteiger partial charge in [-0.3, -0.25) is 0 Å².